The molecule has 1 aromatic heterocycles. The summed E-state index contributed by atoms with van der Waals surface area (Å²) in [6.45, 7) is 2.10. The highest BCUT2D eigenvalue weighted by molar-refractivity contribution is 6.09. The molecule has 1 aromatic carbocycles. The standard InChI is InChI=1S/C25H28N4O/c1-16-7-8-18(24(30)27-21-10-11-21)14-22(16)17-9-12-23-19(13-17)15-26-25(29-23)28-20-5-3-2-4-6-20/h7-9,12,14-15,17,20H,2-6,10-11,13H2,1H3,(H,26,28,29). The maximum atomic E-state index is 12.4. The largest absolute Gasteiger partial charge is 0.351 e. The van der Waals surface area contributed by atoms with Gasteiger partial charge in [-0.15, -0.1) is 0 Å². The summed E-state index contributed by atoms with van der Waals surface area (Å²) in [6.07, 6.45) is 15.4. The van der Waals surface area contributed by atoms with Gasteiger partial charge in [0.2, 0.25) is 5.95 Å². The van der Waals surface area contributed by atoms with Crippen molar-refractivity contribution in [3.8, 4) is 0 Å². The number of aromatic nitrogens is 2. The minimum Gasteiger partial charge on any atom is -0.351 e. The Bertz CT molecular complexity index is 1030. The Labute approximate surface area is 177 Å². The second kappa shape index (κ2) is 8.13. The van der Waals surface area contributed by atoms with Crippen molar-refractivity contribution >= 4 is 23.6 Å². The normalized spacial score (nSPS) is 20.6. The Morgan fingerprint density at radius 1 is 1.17 bits per heavy atom. The van der Waals surface area contributed by atoms with Gasteiger partial charge < -0.3 is 5.32 Å². The molecule has 1 N–H and O–H groups in total. The van der Waals surface area contributed by atoms with E-state index >= 15 is 0 Å². The first kappa shape index (κ1) is 19.2. The summed E-state index contributed by atoms with van der Waals surface area (Å²) in [4.78, 5) is 26.0. The Balaban J connectivity index is 1.34. The van der Waals surface area contributed by atoms with E-state index in [0.29, 0.717) is 11.6 Å². The highest BCUT2D eigenvalue weighted by Crippen LogP contribution is 2.32. The number of nitrogens with zero attached hydrogens (tertiary/aromatic N) is 3. The van der Waals surface area contributed by atoms with E-state index in [0.717, 1.165) is 42.2 Å². The summed E-state index contributed by atoms with van der Waals surface area (Å²) in [5.74, 6) is 0.844. The van der Waals surface area contributed by atoms with Crippen molar-refractivity contribution in [3.05, 3.63) is 58.4 Å². The fraction of sp³-hybridized carbons (Fsp3) is 0.440. The highest BCUT2D eigenvalue weighted by atomic mass is 16.1. The van der Waals surface area contributed by atoms with Gasteiger partial charge >= 0.3 is 0 Å². The van der Waals surface area contributed by atoms with Gasteiger partial charge in [-0.1, -0.05) is 31.4 Å². The SMILES string of the molecule is Cc1ccc(C(=O)N=C2CC2)cc1C1C=Cc2nc(NC3CCCCC3)ncc2C1. The predicted molar refractivity (Wildman–Crippen MR) is 120 cm³/mol. The number of hydrogen-bond donors (Lipinski definition) is 1. The van der Waals surface area contributed by atoms with Crippen molar-refractivity contribution in [2.45, 2.75) is 70.3 Å². The molecule has 1 atom stereocenters. The monoisotopic (exact) mass is 400 g/mol. The minimum atomic E-state index is -0.120. The van der Waals surface area contributed by atoms with Crippen LogP contribution in [0.5, 0.6) is 0 Å². The first-order valence-corrected chi connectivity index (χ1v) is 11.2. The second-order valence-corrected chi connectivity index (χ2v) is 8.81. The van der Waals surface area contributed by atoms with Crippen molar-refractivity contribution in [2.75, 3.05) is 5.32 Å². The van der Waals surface area contributed by atoms with Crippen LogP contribution >= 0.6 is 0 Å². The molecule has 0 radical (unpaired) electrons. The first-order valence-electron chi connectivity index (χ1n) is 11.2. The van der Waals surface area contributed by atoms with E-state index in [1.54, 1.807) is 0 Å². The Hall–Kier alpha value is -2.82. The molecular formula is C25H28N4O. The predicted octanol–water partition coefficient (Wildman–Crippen LogP) is 5.26. The average molecular weight is 401 g/mol. The van der Waals surface area contributed by atoms with Crippen LogP contribution in [-0.2, 0) is 6.42 Å². The molecule has 5 rings (SSSR count). The lowest BCUT2D eigenvalue weighted by Crippen LogP contribution is -2.24. The van der Waals surface area contributed by atoms with Crippen molar-refractivity contribution in [1.82, 2.24) is 9.97 Å². The van der Waals surface area contributed by atoms with Gasteiger partial charge in [-0.25, -0.2) is 15.0 Å². The number of hydrogen-bond acceptors (Lipinski definition) is 4. The van der Waals surface area contributed by atoms with Crippen LogP contribution in [0.3, 0.4) is 0 Å². The Kier molecular flexibility index (Phi) is 5.19. The average Bonchev–Trinajstić information content (AvgIpc) is 3.58. The van der Waals surface area contributed by atoms with Crippen LogP contribution < -0.4 is 5.32 Å². The van der Waals surface area contributed by atoms with Crippen LogP contribution in [0.25, 0.3) is 6.08 Å². The number of allylic oxidation sites excluding steroid dienone is 1. The summed E-state index contributed by atoms with van der Waals surface area (Å²) in [5, 5.41) is 3.52. The molecule has 1 amide bonds. The number of nitrogens with one attached hydrogen (secondary N) is 1. The van der Waals surface area contributed by atoms with E-state index in [1.165, 1.54) is 43.2 Å². The van der Waals surface area contributed by atoms with E-state index in [-0.39, 0.29) is 11.8 Å². The lowest BCUT2D eigenvalue weighted by atomic mass is 9.85. The Morgan fingerprint density at radius 3 is 2.80 bits per heavy atom. The fourth-order valence-electron chi connectivity index (χ4n) is 4.50. The van der Waals surface area contributed by atoms with Gasteiger partial charge in [0.25, 0.3) is 5.91 Å². The third-order valence-corrected chi connectivity index (χ3v) is 6.42. The van der Waals surface area contributed by atoms with E-state index < -0.39 is 0 Å². The summed E-state index contributed by atoms with van der Waals surface area (Å²) >= 11 is 0. The quantitative estimate of drug-likeness (QED) is 0.760. The van der Waals surface area contributed by atoms with Gasteiger partial charge in [0, 0.05) is 29.4 Å². The molecule has 0 aliphatic heterocycles. The van der Waals surface area contributed by atoms with Gasteiger partial charge in [-0.2, -0.15) is 0 Å². The summed E-state index contributed by atoms with van der Waals surface area (Å²) in [7, 11) is 0. The third kappa shape index (κ3) is 4.20. The molecule has 30 heavy (non-hydrogen) atoms. The lowest BCUT2D eigenvalue weighted by molar-refractivity contribution is 0.100. The molecule has 0 saturated heterocycles. The Morgan fingerprint density at radius 2 is 2.00 bits per heavy atom. The zero-order valence-electron chi connectivity index (χ0n) is 17.5. The second-order valence-electron chi connectivity index (χ2n) is 8.81. The van der Waals surface area contributed by atoms with E-state index in [1.807, 2.05) is 24.4 Å². The molecular weight excluding hydrogens is 372 g/mol. The summed E-state index contributed by atoms with van der Waals surface area (Å²) in [6, 6.07) is 6.44. The maximum Gasteiger partial charge on any atom is 0.276 e. The van der Waals surface area contributed by atoms with Crippen LogP contribution in [0.15, 0.2) is 35.5 Å². The van der Waals surface area contributed by atoms with Crippen LogP contribution in [0.1, 0.15) is 83.6 Å². The van der Waals surface area contributed by atoms with Gasteiger partial charge in [0.15, 0.2) is 0 Å². The first-order chi connectivity index (χ1) is 14.7. The highest BCUT2D eigenvalue weighted by Gasteiger charge is 2.22. The van der Waals surface area contributed by atoms with Crippen LogP contribution in [0.4, 0.5) is 5.95 Å². The number of benzene rings is 1. The number of anilines is 1. The van der Waals surface area contributed by atoms with E-state index in [4.69, 9.17) is 4.98 Å². The molecule has 3 aliphatic carbocycles. The molecule has 2 aromatic rings. The number of rotatable bonds is 4. The topological polar surface area (TPSA) is 67.2 Å². The minimum absolute atomic E-state index is 0.120. The molecule has 1 unspecified atom stereocenters. The lowest BCUT2D eigenvalue weighted by Gasteiger charge is -2.24. The summed E-state index contributed by atoms with van der Waals surface area (Å²) in [5.41, 5.74) is 6.24. The van der Waals surface area contributed by atoms with Crippen LogP contribution in [0.2, 0.25) is 0 Å². The van der Waals surface area contributed by atoms with Gasteiger partial charge in [-0.05, 0) is 73.9 Å². The van der Waals surface area contributed by atoms with Gasteiger partial charge in [0.1, 0.15) is 0 Å². The van der Waals surface area contributed by atoms with E-state index in [9.17, 15) is 4.79 Å². The molecule has 1 heterocycles. The third-order valence-electron chi connectivity index (χ3n) is 6.42. The smallest absolute Gasteiger partial charge is 0.276 e. The number of carbonyl (C=O) groups excluding carboxylic acids is 1. The molecule has 2 saturated carbocycles. The van der Waals surface area contributed by atoms with Gasteiger partial charge in [0.05, 0.1) is 5.69 Å². The van der Waals surface area contributed by atoms with Crippen molar-refractivity contribution in [1.29, 1.82) is 0 Å². The number of fused-ring (bicyclic) bond motifs is 1. The number of aryl methyl sites for hydroxylation is 1. The number of carbonyl (C=O) groups is 1. The summed E-state index contributed by atoms with van der Waals surface area (Å²) < 4.78 is 0. The molecule has 2 fully saturated rings. The fourth-order valence-corrected chi connectivity index (χ4v) is 4.50. The molecule has 3 aliphatic rings. The molecule has 5 heteroatoms. The molecule has 0 bridgehead atoms. The zero-order valence-corrected chi connectivity index (χ0v) is 17.5. The number of amides is 1. The van der Waals surface area contributed by atoms with Crippen LogP contribution in [-0.4, -0.2) is 27.6 Å². The molecule has 154 valence electrons. The van der Waals surface area contributed by atoms with E-state index in [2.05, 4.69) is 34.4 Å². The number of aliphatic imine (C=N–C) groups is 1. The van der Waals surface area contributed by atoms with Crippen LogP contribution in [0, 0.1) is 6.92 Å². The van der Waals surface area contributed by atoms with Crippen molar-refractivity contribution in [2.24, 2.45) is 4.99 Å². The van der Waals surface area contributed by atoms with Crippen molar-refractivity contribution < 1.29 is 4.79 Å². The van der Waals surface area contributed by atoms with Crippen molar-refractivity contribution in [3.63, 3.8) is 0 Å². The molecule has 0 spiro atoms. The van der Waals surface area contributed by atoms with Gasteiger partial charge in [-0.3, -0.25) is 4.79 Å². The zero-order chi connectivity index (χ0) is 20.5. The maximum absolute atomic E-state index is 12.4. The molecule has 5 nitrogen and oxygen atoms in total.